The molecule has 134 valence electrons. The van der Waals surface area contributed by atoms with Gasteiger partial charge in [-0.15, -0.1) is 4.57 Å². The molecule has 2 aromatic heterocycles. The van der Waals surface area contributed by atoms with Crippen molar-refractivity contribution in [2.24, 2.45) is 0 Å². The second-order valence-electron chi connectivity index (χ2n) is 5.54. The maximum atomic E-state index is 12.2. The largest absolute Gasteiger partial charge is 0.456 e. The summed E-state index contributed by atoms with van der Waals surface area (Å²) in [4.78, 5) is 39.5. The van der Waals surface area contributed by atoms with E-state index in [1.165, 1.54) is 31.2 Å². The summed E-state index contributed by atoms with van der Waals surface area (Å²) in [7, 11) is 0. The molecule has 0 saturated carbocycles. The van der Waals surface area contributed by atoms with E-state index in [1.54, 1.807) is 13.0 Å². The number of ether oxygens (including phenoxy) is 1. The maximum absolute atomic E-state index is 12.2. The molecular weight excluding hydrogens is 362 g/mol. The highest BCUT2D eigenvalue weighted by molar-refractivity contribution is 6.33. The summed E-state index contributed by atoms with van der Waals surface area (Å²) in [5.41, 5.74) is 0.727. The molecule has 2 heterocycles. The van der Waals surface area contributed by atoms with Crippen LogP contribution in [0.15, 0.2) is 39.6 Å². The van der Waals surface area contributed by atoms with Crippen LogP contribution in [0.25, 0.3) is 5.65 Å². The Balaban J connectivity index is 1.76. The number of fused-ring (bicyclic) bond motifs is 1. The molecule has 1 N–H and O–H groups in total. The summed E-state index contributed by atoms with van der Waals surface area (Å²) in [6.07, 6.45) is 0. The first-order chi connectivity index (χ1) is 12.3. The summed E-state index contributed by atoms with van der Waals surface area (Å²) in [5, 5.41) is 2.82. The minimum absolute atomic E-state index is 0.188. The van der Waals surface area contributed by atoms with Gasteiger partial charge in [-0.2, -0.15) is 0 Å². The van der Waals surface area contributed by atoms with Gasteiger partial charge in [-0.1, -0.05) is 11.6 Å². The monoisotopic (exact) mass is 375 g/mol. The number of benzene rings is 1. The van der Waals surface area contributed by atoms with E-state index >= 15 is 0 Å². The minimum atomic E-state index is -0.640. The van der Waals surface area contributed by atoms with Gasteiger partial charge in [0.25, 0.3) is 5.56 Å². The van der Waals surface area contributed by atoms with Gasteiger partial charge in [0.05, 0.1) is 22.0 Å². The van der Waals surface area contributed by atoms with Crippen molar-refractivity contribution in [1.29, 1.82) is 0 Å². The number of hydrogen-bond donors (Lipinski definition) is 1. The Morgan fingerprint density at radius 1 is 1.31 bits per heavy atom. The van der Waals surface area contributed by atoms with Crippen molar-refractivity contribution in [1.82, 2.24) is 9.56 Å². The van der Waals surface area contributed by atoms with Gasteiger partial charge in [-0.25, -0.2) is 9.78 Å². The first-order valence-electron chi connectivity index (χ1n) is 7.57. The third-order valence-electron chi connectivity index (χ3n) is 3.39. The Labute approximate surface area is 152 Å². The Morgan fingerprint density at radius 2 is 2.08 bits per heavy atom. The molecule has 1 amide bonds. The molecule has 0 aliphatic heterocycles. The number of nitrogens with one attached hydrogen (secondary N) is 1. The summed E-state index contributed by atoms with van der Waals surface area (Å²) in [5.74, 6) is -0.417. The van der Waals surface area contributed by atoms with Gasteiger partial charge in [0.2, 0.25) is 5.91 Å². The van der Waals surface area contributed by atoms with Crippen molar-refractivity contribution in [2.75, 3.05) is 5.32 Å². The molecule has 3 rings (SSSR count). The number of aromatic nitrogens is 2. The van der Waals surface area contributed by atoms with Crippen molar-refractivity contribution in [3.63, 3.8) is 0 Å². The number of rotatable bonds is 4. The molecule has 0 spiro atoms. The van der Waals surface area contributed by atoms with Gasteiger partial charge in [0, 0.05) is 19.1 Å². The van der Waals surface area contributed by atoms with E-state index in [2.05, 4.69) is 10.3 Å². The highest BCUT2D eigenvalue weighted by Crippen LogP contribution is 2.23. The van der Waals surface area contributed by atoms with Crippen molar-refractivity contribution >= 4 is 34.8 Å². The highest BCUT2D eigenvalue weighted by atomic mass is 35.5. The van der Waals surface area contributed by atoms with Crippen LogP contribution >= 0.6 is 11.6 Å². The zero-order chi connectivity index (χ0) is 18.8. The Morgan fingerprint density at radius 3 is 2.81 bits per heavy atom. The van der Waals surface area contributed by atoms with Crippen LogP contribution in [0.2, 0.25) is 5.02 Å². The normalized spacial score (nSPS) is 10.7. The second kappa shape index (κ2) is 7.01. The molecule has 0 unspecified atom stereocenters. The zero-order valence-electron chi connectivity index (χ0n) is 13.9. The van der Waals surface area contributed by atoms with E-state index < -0.39 is 11.5 Å². The lowest BCUT2D eigenvalue weighted by molar-refractivity contribution is -0.114. The van der Waals surface area contributed by atoms with Crippen LogP contribution in [0, 0.1) is 6.92 Å². The number of esters is 1. The molecule has 0 bridgehead atoms. The minimum Gasteiger partial charge on any atom is -0.456 e. The molecular formula is C17H14ClN3O5. The summed E-state index contributed by atoms with van der Waals surface area (Å²) in [6.45, 7) is 2.84. The van der Waals surface area contributed by atoms with Gasteiger partial charge in [-0.05, 0) is 25.1 Å². The first-order valence-corrected chi connectivity index (χ1v) is 7.95. The van der Waals surface area contributed by atoms with E-state index in [4.69, 9.17) is 20.9 Å². The third-order valence-corrected chi connectivity index (χ3v) is 3.72. The summed E-state index contributed by atoms with van der Waals surface area (Å²) >= 11 is 5.97. The van der Waals surface area contributed by atoms with E-state index in [9.17, 15) is 14.4 Å². The van der Waals surface area contributed by atoms with Crippen molar-refractivity contribution in [3.05, 3.63) is 62.7 Å². The second-order valence-corrected chi connectivity index (χ2v) is 5.94. The number of anilines is 1. The predicted molar refractivity (Wildman–Crippen MR) is 93.3 cm³/mol. The van der Waals surface area contributed by atoms with Gasteiger partial charge >= 0.3 is 5.97 Å². The fourth-order valence-electron chi connectivity index (χ4n) is 2.31. The number of halogens is 1. The number of aryl methyl sites for hydroxylation is 1. The van der Waals surface area contributed by atoms with Gasteiger partial charge in [-0.3, -0.25) is 9.59 Å². The average Bonchev–Trinajstić information content (AvgIpc) is 2.95. The lowest BCUT2D eigenvalue weighted by Crippen LogP contribution is -2.15. The molecule has 0 aliphatic rings. The molecule has 0 aliphatic carbocycles. The third kappa shape index (κ3) is 3.75. The van der Waals surface area contributed by atoms with Crippen LogP contribution in [0.3, 0.4) is 0 Å². The number of carbonyl (C=O) groups excluding carboxylic acids is 2. The van der Waals surface area contributed by atoms with Crippen molar-refractivity contribution in [3.8, 4) is 0 Å². The molecule has 3 aromatic rings. The zero-order valence-corrected chi connectivity index (χ0v) is 14.7. The average molecular weight is 376 g/mol. The molecule has 0 radical (unpaired) electrons. The first kappa shape index (κ1) is 17.7. The highest BCUT2D eigenvalue weighted by Gasteiger charge is 2.13. The lowest BCUT2D eigenvalue weighted by Gasteiger charge is -2.08. The molecule has 0 atom stereocenters. The SMILES string of the molecule is CC(=O)Nc1cc(C(=O)OCc2cc(=O)n3oc(C)cc3n2)ccc1Cl. The molecule has 0 saturated heterocycles. The summed E-state index contributed by atoms with van der Waals surface area (Å²) in [6, 6.07) is 7.20. The van der Waals surface area contributed by atoms with E-state index in [-0.39, 0.29) is 18.1 Å². The van der Waals surface area contributed by atoms with Crippen molar-refractivity contribution < 1.29 is 18.8 Å². The quantitative estimate of drug-likeness (QED) is 0.703. The topological polar surface area (TPSA) is 103 Å². The number of nitrogens with zero attached hydrogens (tertiary/aromatic N) is 2. The Kier molecular flexibility index (Phi) is 4.77. The Hall–Kier alpha value is -3.13. The summed E-state index contributed by atoms with van der Waals surface area (Å²) < 4.78 is 11.4. The van der Waals surface area contributed by atoms with Crippen LogP contribution in [0.5, 0.6) is 0 Å². The molecule has 1 aromatic carbocycles. The van der Waals surface area contributed by atoms with Crippen LogP contribution in [-0.4, -0.2) is 21.4 Å². The lowest BCUT2D eigenvalue weighted by atomic mass is 10.2. The molecule has 9 heteroatoms. The number of amides is 1. The maximum Gasteiger partial charge on any atom is 0.338 e. The molecule has 0 fully saturated rings. The van der Waals surface area contributed by atoms with E-state index in [0.717, 1.165) is 4.57 Å². The Bertz CT molecular complexity index is 1070. The van der Waals surface area contributed by atoms with Gasteiger partial charge in [0.15, 0.2) is 5.65 Å². The fourth-order valence-corrected chi connectivity index (χ4v) is 2.47. The van der Waals surface area contributed by atoms with Crippen LogP contribution in [0.4, 0.5) is 5.69 Å². The van der Waals surface area contributed by atoms with E-state index in [1.807, 2.05) is 0 Å². The van der Waals surface area contributed by atoms with Crippen LogP contribution in [-0.2, 0) is 16.1 Å². The molecule has 8 nitrogen and oxygen atoms in total. The predicted octanol–water partition coefficient (Wildman–Crippen LogP) is 2.56. The number of carbonyl (C=O) groups is 2. The van der Waals surface area contributed by atoms with Gasteiger partial charge < -0.3 is 14.6 Å². The molecule has 26 heavy (non-hydrogen) atoms. The standard InChI is InChI=1S/C17H14ClN3O5/c1-9-5-15-20-12(7-16(23)21(15)26-9)8-25-17(24)11-3-4-13(18)14(6-11)19-10(2)22/h3-7H,8H2,1-2H3,(H,19,22). The number of hydrogen-bond acceptors (Lipinski definition) is 6. The smallest absolute Gasteiger partial charge is 0.338 e. The van der Waals surface area contributed by atoms with E-state index in [0.29, 0.717) is 27.8 Å². The van der Waals surface area contributed by atoms with Crippen molar-refractivity contribution in [2.45, 2.75) is 20.5 Å². The van der Waals surface area contributed by atoms with Crippen LogP contribution in [0.1, 0.15) is 28.7 Å². The van der Waals surface area contributed by atoms with Crippen LogP contribution < -0.4 is 10.9 Å². The van der Waals surface area contributed by atoms with Gasteiger partial charge in [0.1, 0.15) is 12.4 Å². The fraction of sp³-hybridized carbons (Fsp3) is 0.176.